The number of nitrogens with zero attached hydrogens (tertiary/aromatic N) is 2. The zero-order valence-electron chi connectivity index (χ0n) is 6.47. The van der Waals surface area contributed by atoms with Gasteiger partial charge < -0.3 is 4.42 Å². The molecule has 0 spiro atoms. The number of hydrogen-bond acceptors (Lipinski definition) is 3. The third kappa shape index (κ3) is 1.68. The molecule has 3 nitrogen and oxygen atoms in total. The minimum Gasteiger partial charge on any atom is -0.431 e. The summed E-state index contributed by atoms with van der Waals surface area (Å²) in [5, 5.41) is 0. The van der Waals surface area contributed by atoms with Crippen molar-refractivity contribution in [1.29, 1.82) is 0 Å². The molecule has 2 aromatic rings. The predicted molar refractivity (Wildman–Crippen MR) is 49.5 cm³/mol. The van der Waals surface area contributed by atoms with Crippen molar-refractivity contribution >= 4 is 33.8 Å². The number of fused-ring (bicyclic) bond motifs is 1. The van der Waals surface area contributed by atoms with Crippen LogP contribution in [0.5, 0.6) is 0 Å². The number of halogens is 4. The Labute approximate surface area is 89.5 Å². The van der Waals surface area contributed by atoms with Crippen LogP contribution in [0, 0.1) is 3.57 Å². The molecule has 0 N–H and O–H groups in total. The first-order valence-corrected chi connectivity index (χ1v) is 4.54. The molecule has 0 aliphatic carbocycles. The second-order valence-electron chi connectivity index (χ2n) is 2.49. The van der Waals surface area contributed by atoms with E-state index in [1.165, 1.54) is 12.3 Å². The first-order chi connectivity index (χ1) is 6.47. The molecule has 0 aromatic carbocycles. The van der Waals surface area contributed by atoms with Gasteiger partial charge in [0.1, 0.15) is 0 Å². The highest BCUT2D eigenvalue weighted by Gasteiger charge is 2.37. The summed E-state index contributed by atoms with van der Waals surface area (Å²) in [5.74, 6) is -1.26. The molecule has 0 amide bonds. The van der Waals surface area contributed by atoms with E-state index in [1.54, 1.807) is 0 Å². The summed E-state index contributed by atoms with van der Waals surface area (Å²) in [6.45, 7) is 0. The number of pyridine rings is 1. The van der Waals surface area contributed by atoms with Crippen LogP contribution in [0.2, 0.25) is 0 Å². The SMILES string of the molecule is FC(F)(F)c1nc2ncc(I)cc2o1. The van der Waals surface area contributed by atoms with Crippen molar-refractivity contribution in [3.8, 4) is 0 Å². The first-order valence-electron chi connectivity index (χ1n) is 3.46. The van der Waals surface area contributed by atoms with Crippen molar-refractivity contribution in [2.24, 2.45) is 0 Å². The molecule has 0 aliphatic rings. The molecule has 0 atom stereocenters. The van der Waals surface area contributed by atoms with Crippen molar-refractivity contribution in [3.05, 3.63) is 21.7 Å². The zero-order valence-corrected chi connectivity index (χ0v) is 8.63. The van der Waals surface area contributed by atoms with Gasteiger partial charge in [-0.2, -0.15) is 18.2 Å². The fourth-order valence-corrected chi connectivity index (χ4v) is 1.34. The molecule has 2 rings (SSSR count). The highest BCUT2D eigenvalue weighted by Crippen LogP contribution is 2.30. The first kappa shape index (κ1) is 9.69. The number of hydrogen-bond donors (Lipinski definition) is 0. The van der Waals surface area contributed by atoms with E-state index in [4.69, 9.17) is 0 Å². The Balaban J connectivity index is 2.63. The zero-order chi connectivity index (χ0) is 10.3. The maximum Gasteiger partial charge on any atom is 0.469 e. The normalized spacial score (nSPS) is 12.3. The van der Waals surface area contributed by atoms with Crippen molar-refractivity contribution in [3.63, 3.8) is 0 Å². The smallest absolute Gasteiger partial charge is 0.431 e. The van der Waals surface area contributed by atoms with Crippen LogP contribution in [0.3, 0.4) is 0 Å². The van der Waals surface area contributed by atoms with Crippen molar-refractivity contribution in [1.82, 2.24) is 9.97 Å². The molecule has 74 valence electrons. The largest absolute Gasteiger partial charge is 0.469 e. The van der Waals surface area contributed by atoms with E-state index < -0.39 is 12.1 Å². The summed E-state index contributed by atoms with van der Waals surface area (Å²) in [4.78, 5) is 6.92. The average Bonchev–Trinajstić information content (AvgIpc) is 2.45. The average molecular weight is 314 g/mol. The van der Waals surface area contributed by atoms with Gasteiger partial charge in [-0.3, -0.25) is 0 Å². The lowest BCUT2D eigenvalue weighted by atomic mass is 10.5. The van der Waals surface area contributed by atoms with Gasteiger partial charge in [-0.05, 0) is 28.7 Å². The van der Waals surface area contributed by atoms with Crippen LogP contribution in [-0.4, -0.2) is 9.97 Å². The molecule has 0 saturated carbocycles. The molecular formula is C7H2F3IN2O. The van der Waals surface area contributed by atoms with Gasteiger partial charge in [-0.15, -0.1) is 0 Å². The highest BCUT2D eigenvalue weighted by molar-refractivity contribution is 14.1. The van der Waals surface area contributed by atoms with Gasteiger partial charge in [-0.1, -0.05) is 0 Å². The summed E-state index contributed by atoms with van der Waals surface area (Å²) in [6, 6.07) is 1.45. The lowest BCUT2D eigenvalue weighted by molar-refractivity contribution is -0.156. The number of oxazole rings is 1. The number of alkyl halides is 3. The summed E-state index contributed by atoms with van der Waals surface area (Å²) < 4.78 is 41.6. The lowest BCUT2D eigenvalue weighted by Crippen LogP contribution is -2.04. The Morgan fingerprint density at radius 1 is 1.36 bits per heavy atom. The van der Waals surface area contributed by atoms with Gasteiger partial charge >= 0.3 is 12.1 Å². The topological polar surface area (TPSA) is 38.9 Å². The van der Waals surface area contributed by atoms with Crippen LogP contribution in [0.15, 0.2) is 16.7 Å². The second-order valence-corrected chi connectivity index (χ2v) is 3.74. The van der Waals surface area contributed by atoms with E-state index in [0.717, 1.165) is 0 Å². The van der Waals surface area contributed by atoms with Crippen LogP contribution in [0.1, 0.15) is 5.89 Å². The molecule has 14 heavy (non-hydrogen) atoms. The van der Waals surface area contributed by atoms with Gasteiger partial charge in [0.05, 0.1) is 0 Å². The third-order valence-electron chi connectivity index (χ3n) is 1.46. The van der Waals surface area contributed by atoms with Gasteiger partial charge in [0, 0.05) is 9.77 Å². The van der Waals surface area contributed by atoms with Crippen LogP contribution < -0.4 is 0 Å². The van der Waals surface area contributed by atoms with E-state index in [9.17, 15) is 13.2 Å². The number of rotatable bonds is 0. The highest BCUT2D eigenvalue weighted by atomic mass is 127. The predicted octanol–water partition coefficient (Wildman–Crippen LogP) is 2.85. The van der Waals surface area contributed by atoms with Crippen molar-refractivity contribution < 1.29 is 17.6 Å². The lowest BCUT2D eigenvalue weighted by Gasteiger charge is -1.96. The van der Waals surface area contributed by atoms with Crippen LogP contribution in [-0.2, 0) is 6.18 Å². The molecule has 0 saturated heterocycles. The van der Waals surface area contributed by atoms with Crippen molar-refractivity contribution in [2.75, 3.05) is 0 Å². The van der Waals surface area contributed by atoms with E-state index in [-0.39, 0.29) is 11.2 Å². The summed E-state index contributed by atoms with van der Waals surface area (Å²) in [7, 11) is 0. The monoisotopic (exact) mass is 314 g/mol. The fourth-order valence-electron chi connectivity index (χ4n) is 0.917. The second kappa shape index (κ2) is 3.07. The quantitative estimate of drug-likeness (QED) is 0.702. The van der Waals surface area contributed by atoms with Crippen molar-refractivity contribution in [2.45, 2.75) is 6.18 Å². The Bertz CT molecular complexity index is 479. The summed E-state index contributed by atoms with van der Waals surface area (Å²) in [5.41, 5.74) is 0.0157. The molecule has 2 aromatic heterocycles. The number of aromatic nitrogens is 2. The molecule has 0 radical (unpaired) electrons. The molecule has 0 aliphatic heterocycles. The Kier molecular flexibility index (Phi) is 2.13. The van der Waals surface area contributed by atoms with E-state index >= 15 is 0 Å². The van der Waals surface area contributed by atoms with Gasteiger partial charge in [0.2, 0.25) is 0 Å². The maximum absolute atomic E-state index is 12.1. The third-order valence-corrected chi connectivity index (χ3v) is 2.05. The van der Waals surface area contributed by atoms with Gasteiger partial charge in [0.15, 0.2) is 11.2 Å². The van der Waals surface area contributed by atoms with Crippen LogP contribution >= 0.6 is 22.6 Å². The van der Waals surface area contributed by atoms with E-state index in [0.29, 0.717) is 3.57 Å². The van der Waals surface area contributed by atoms with E-state index in [2.05, 4.69) is 14.4 Å². The molecule has 0 bridgehead atoms. The minimum atomic E-state index is -4.56. The molecule has 2 heterocycles. The fraction of sp³-hybridized carbons (Fsp3) is 0.143. The molecule has 0 unspecified atom stereocenters. The Morgan fingerprint density at radius 2 is 2.07 bits per heavy atom. The van der Waals surface area contributed by atoms with Gasteiger partial charge in [0.25, 0.3) is 0 Å². The molecular weight excluding hydrogens is 312 g/mol. The maximum atomic E-state index is 12.1. The Hall–Kier alpha value is -0.860. The van der Waals surface area contributed by atoms with Gasteiger partial charge in [-0.25, -0.2) is 4.98 Å². The molecule has 7 heteroatoms. The minimum absolute atomic E-state index is 0.0299. The van der Waals surface area contributed by atoms with Crippen LogP contribution in [0.4, 0.5) is 13.2 Å². The summed E-state index contributed by atoms with van der Waals surface area (Å²) >= 11 is 1.93. The molecule has 0 fully saturated rings. The standard InChI is InChI=1S/C7H2F3IN2O/c8-7(9,10)6-13-5-4(14-6)1-3(11)2-12-5/h1-2H. The van der Waals surface area contributed by atoms with Crippen LogP contribution in [0.25, 0.3) is 11.2 Å². The Morgan fingerprint density at radius 3 is 2.71 bits per heavy atom. The summed E-state index contributed by atoms with van der Waals surface area (Å²) in [6.07, 6.45) is -3.14. The van der Waals surface area contributed by atoms with E-state index in [1.807, 2.05) is 22.6 Å².